The Morgan fingerprint density at radius 1 is 0.652 bits per heavy atom. The van der Waals surface area contributed by atoms with Gasteiger partial charge in [0.15, 0.2) is 0 Å². The molecule has 2 aliphatic rings. The summed E-state index contributed by atoms with van der Waals surface area (Å²) in [4.78, 5) is 0. The molecule has 2 atom stereocenters. The van der Waals surface area contributed by atoms with Gasteiger partial charge in [-0.05, 0) is 44.9 Å². The van der Waals surface area contributed by atoms with Crippen LogP contribution < -0.4 is 5.09 Å². The highest BCUT2D eigenvalue weighted by atomic mass is 31.1. The molecule has 2 aromatic rings. The predicted molar refractivity (Wildman–Crippen MR) is 99.9 cm³/mol. The van der Waals surface area contributed by atoms with Crippen LogP contribution in [0.15, 0.2) is 60.7 Å². The fourth-order valence-corrected chi connectivity index (χ4v) is 7.58. The number of hydrogen-bond donors (Lipinski definition) is 1. The summed E-state index contributed by atoms with van der Waals surface area (Å²) in [5.41, 5.74) is 4.53. The van der Waals surface area contributed by atoms with E-state index in [1.54, 1.807) is 11.1 Å². The molecular formula is C21H26NP. The van der Waals surface area contributed by atoms with Gasteiger partial charge in [0.05, 0.1) is 0 Å². The molecule has 0 aromatic heterocycles. The molecule has 1 heterocycles. The molecule has 2 heteroatoms. The summed E-state index contributed by atoms with van der Waals surface area (Å²) in [6.07, 6.45) is 8.23. The van der Waals surface area contributed by atoms with Crippen molar-refractivity contribution in [3.8, 4) is 0 Å². The zero-order chi connectivity index (χ0) is 15.5. The van der Waals surface area contributed by atoms with E-state index >= 15 is 0 Å². The van der Waals surface area contributed by atoms with Crippen LogP contribution in [0.4, 0.5) is 0 Å². The first kappa shape index (κ1) is 15.4. The molecule has 1 saturated heterocycles. The fraction of sp³-hybridized carbons (Fsp3) is 0.429. The third kappa shape index (κ3) is 3.37. The Bertz CT molecular complexity index is 559. The highest BCUT2D eigenvalue weighted by Crippen LogP contribution is 2.68. The molecule has 120 valence electrons. The lowest BCUT2D eigenvalue weighted by Crippen LogP contribution is -2.23. The largest absolute Gasteiger partial charge is 0.292 e. The second-order valence-electron chi connectivity index (χ2n) is 6.95. The highest BCUT2D eigenvalue weighted by molar-refractivity contribution is 7.56. The summed E-state index contributed by atoms with van der Waals surface area (Å²) in [7, 11) is -0.186. The van der Waals surface area contributed by atoms with Crippen LogP contribution in [0.25, 0.3) is 0 Å². The molecule has 0 radical (unpaired) electrons. The van der Waals surface area contributed by atoms with Gasteiger partial charge in [0.2, 0.25) is 0 Å². The van der Waals surface area contributed by atoms with Crippen molar-refractivity contribution >= 4 is 8.07 Å². The minimum atomic E-state index is -0.186. The van der Waals surface area contributed by atoms with Gasteiger partial charge in [-0.1, -0.05) is 73.5 Å². The standard InChI is InChI=1S/C21H26NP/c1-3-9-17(10-4-1)20-15-16-21(18-11-5-2-6-12-18)23(20)22-19-13-7-8-14-19/h1-6,9-12,19-22H,7-8,13-16H2. The number of rotatable bonds is 4. The third-order valence-electron chi connectivity index (χ3n) is 5.44. The Hall–Kier alpha value is -1.17. The first-order valence-corrected chi connectivity index (χ1v) is 10.5. The van der Waals surface area contributed by atoms with Gasteiger partial charge in [-0.3, -0.25) is 5.09 Å². The zero-order valence-corrected chi connectivity index (χ0v) is 14.6. The molecule has 1 N–H and O–H groups in total. The van der Waals surface area contributed by atoms with Crippen molar-refractivity contribution in [3.05, 3.63) is 71.8 Å². The lowest BCUT2D eigenvalue weighted by molar-refractivity contribution is 0.644. The van der Waals surface area contributed by atoms with Crippen LogP contribution >= 0.6 is 8.07 Å². The molecule has 0 bridgehead atoms. The maximum atomic E-state index is 4.14. The van der Waals surface area contributed by atoms with Crippen LogP contribution in [0.1, 0.15) is 61.0 Å². The van der Waals surface area contributed by atoms with Gasteiger partial charge in [-0.25, -0.2) is 0 Å². The van der Waals surface area contributed by atoms with Gasteiger partial charge in [0, 0.05) is 17.4 Å². The van der Waals surface area contributed by atoms with Crippen molar-refractivity contribution < 1.29 is 0 Å². The van der Waals surface area contributed by atoms with Crippen molar-refractivity contribution in [1.82, 2.24) is 5.09 Å². The van der Waals surface area contributed by atoms with Gasteiger partial charge in [0.25, 0.3) is 0 Å². The van der Waals surface area contributed by atoms with Gasteiger partial charge in [0.1, 0.15) is 0 Å². The zero-order valence-electron chi connectivity index (χ0n) is 13.7. The maximum absolute atomic E-state index is 4.14. The van der Waals surface area contributed by atoms with Crippen molar-refractivity contribution in [2.24, 2.45) is 0 Å². The molecule has 1 nitrogen and oxygen atoms in total. The number of hydrogen-bond acceptors (Lipinski definition) is 1. The van der Waals surface area contributed by atoms with E-state index in [0.29, 0.717) is 0 Å². The van der Waals surface area contributed by atoms with Crippen molar-refractivity contribution in [1.29, 1.82) is 0 Å². The Morgan fingerprint density at radius 2 is 1.13 bits per heavy atom. The topological polar surface area (TPSA) is 12.0 Å². The molecule has 0 spiro atoms. The summed E-state index contributed by atoms with van der Waals surface area (Å²) < 4.78 is 0. The summed E-state index contributed by atoms with van der Waals surface area (Å²) in [6.45, 7) is 0. The van der Waals surface area contributed by atoms with Gasteiger partial charge >= 0.3 is 0 Å². The normalized spacial score (nSPS) is 28.3. The van der Waals surface area contributed by atoms with E-state index in [2.05, 4.69) is 65.8 Å². The van der Waals surface area contributed by atoms with Crippen LogP contribution in [-0.2, 0) is 0 Å². The van der Waals surface area contributed by atoms with Gasteiger partial charge < -0.3 is 0 Å². The monoisotopic (exact) mass is 323 g/mol. The summed E-state index contributed by atoms with van der Waals surface area (Å²) in [5, 5.41) is 4.14. The Morgan fingerprint density at radius 3 is 1.61 bits per heavy atom. The van der Waals surface area contributed by atoms with E-state index in [9.17, 15) is 0 Å². The molecule has 0 amide bonds. The maximum Gasteiger partial charge on any atom is 0.0178 e. The summed E-state index contributed by atoms with van der Waals surface area (Å²) >= 11 is 0. The molecular weight excluding hydrogens is 297 g/mol. The van der Waals surface area contributed by atoms with E-state index in [0.717, 1.165) is 17.4 Å². The van der Waals surface area contributed by atoms with Crippen LogP contribution in [-0.4, -0.2) is 6.04 Å². The van der Waals surface area contributed by atoms with Crippen molar-refractivity contribution in [3.63, 3.8) is 0 Å². The van der Waals surface area contributed by atoms with E-state index in [-0.39, 0.29) is 8.07 Å². The Kier molecular flexibility index (Phi) is 4.78. The van der Waals surface area contributed by atoms with Crippen LogP contribution in [0, 0.1) is 0 Å². The lowest BCUT2D eigenvalue weighted by Gasteiger charge is -2.30. The molecule has 23 heavy (non-hydrogen) atoms. The molecule has 2 fully saturated rings. The van der Waals surface area contributed by atoms with Crippen molar-refractivity contribution in [2.75, 3.05) is 0 Å². The molecule has 2 unspecified atom stereocenters. The first-order valence-electron chi connectivity index (χ1n) is 9.06. The summed E-state index contributed by atoms with van der Waals surface area (Å²) in [6, 6.07) is 23.2. The highest BCUT2D eigenvalue weighted by Gasteiger charge is 2.38. The third-order valence-corrected chi connectivity index (χ3v) is 8.56. The second-order valence-corrected chi connectivity index (χ2v) is 9.27. The summed E-state index contributed by atoms with van der Waals surface area (Å²) in [5.74, 6) is 0. The van der Waals surface area contributed by atoms with E-state index in [4.69, 9.17) is 0 Å². The number of benzene rings is 2. The molecule has 2 aromatic carbocycles. The molecule has 4 rings (SSSR count). The minimum Gasteiger partial charge on any atom is -0.292 e. The van der Waals surface area contributed by atoms with E-state index in [1.165, 1.54) is 38.5 Å². The van der Waals surface area contributed by atoms with E-state index < -0.39 is 0 Å². The van der Waals surface area contributed by atoms with E-state index in [1.807, 2.05) is 0 Å². The fourth-order valence-electron chi connectivity index (χ4n) is 4.26. The van der Waals surface area contributed by atoms with Crippen molar-refractivity contribution in [2.45, 2.75) is 55.9 Å². The SMILES string of the molecule is c1ccc(C2CCC(c3ccccc3)P2NC2CCCC2)cc1. The van der Waals surface area contributed by atoms with Crippen LogP contribution in [0.5, 0.6) is 0 Å². The second kappa shape index (κ2) is 7.16. The molecule has 1 aliphatic heterocycles. The average Bonchev–Trinajstić information content (AvgIpc) is 3.27. The van der Waals surface area contributed by atoms with Crippen LogP contribution in [0.2, 0.25) is 0 Å². The number of nitrogens with one attached hydrogen (secondary N) is 1. The predicted octanol–water partition coefficient (Wildman–Crippen LogP) is 6.19. The smallest absolute Gasteiger partial charge is 0.0178 e. The Balaban J connectivity index is 1.61. The molecule has 1 aliphatic carbocycles. The Labute approximate surface area is 141 Å². The van der Waals surface area contributed by atoms with Gasteiger partial charge in [-0.2, -0.15) is 0 Å². The van der Waals surface area contributed by atoms with Crippen LogP contribution in [0.3, 0.4) is 0 Å². The lowest BCUT2D eigenvalue weighted by atomic mass is 10.0. The quantitative estimate of drug-likeness (QED) is 0.661. The molecule has 1 saturated carbocycles. The first-order chi connectivity index (χ1) is 11.4. The average molecular weight is 323 g/mol. The minimum absolute atomic E-state index is 0.186. The van der Waals surface area contributed by atoms with Gasteiger partial charge in [-0.15, -0.1) is 0 Å².